The number of benzene rings is 3. The van der Waals surface area contributed by atoms with Crippen molar-refractivity contribution >= 4 is 11.9 Å². The van der Waals surface area contributed by atoms with E-state index in [0.717, 1.165) is 0 Å². The molecule has 0 fully saturated rings. The third kappa shape index (κ3) is 8.35. The third-order valence-electron chi connectivity index (χ3n) is 3.41. The number of rotatable bonds is 2. The van der Waals surface area contributed by atoms with Gasteiger partial charge in [0.2, 0.25) is 0 Å². The number of aromatic carboxylic acids is 2. The highest BCUT2D eigenvalue weighted by atomic mass is 16.4. The van der Waals surface area contributed by atoms with Crippen LogP contribution < -0.4 is 0 Å². The van der Waals surface area contributed by atoms with Crippen LogP contribution in [0.15, 0.2) is 66.7 Å². The minimum Gasteiger partial charge on any atom is -0.508 e. The van der Waals surface area contributed by atoms with E-state index < -0.39 is 11.9 Å². The summed E-state index contributed by atoms with van der Waals surface area (Å²) in [7, 11) is 0. The van der Waals surface area contributed by atoms with Gasteiger partial charge in [-0.1, -0.05) is 0 Å². The summed E-state index contributed by atoms with van der Waals surface area (Å²) < 4.78 is 0. The zero-order chi connectivity index (χ0) is 22.0. The number of hydrogen-bond acceptors (Lipinski definition) is 6. The van der Waals surface area contributed by atoms with Crippen molar-refractivity contribution in [2.24, 2.45) is 0 Å². The molecule has 3 rings (SSSR count). The molecular formula is C21H20O8. The fourth-order valence-corrected chi connectivity index (χ4v) is 1.85. The number of aryl methyl sites for hydroxylation is 1. The number of carbonyl (C=O) groups is 2. The van der Waals surface area contributed by atoms with E-state index in [-0.39, 0.29) is 34.1 Å². The van der Waals surface area contributed by atoms with Gasteiger partial charge in [-0.3, -0.25) is 0 Å². The van der Waals surface area contributed by atoms with Crippen LogP contribution in [0.25, 0.3) is 0 Å². The number of carboxylic acid groups (broad SMARTS) is 2. The maximum Gasteiger partial charge on any atom is 0.335 e. The number of aromatic hydroxyl groups is 4. The SMILES string of the molecule is Cc1cc(O)ccc1O.O=C(O)c1ccc(O)cc1.O=C(O)c1ccc(O)cc1. The third-order valence-corrected chi connectivity index (χ3v) is 3.41. The Hall–Kier alpha value is -4.20. The van der Waals surface area contributed by atoms with Crippen molar-refractivity contribution in [2.45, 2.75) is 6.92 Å². The van der Waals surface area contributed by atoms with E-state index in [0.29, 0.717) is 5.56 Å². The summed E-state index contributed by atoms with van der Waals surface area (Å²) in [5, 5.41) is 52.0. The molecule has 0 aliphatic carbocycles. The van der Waals surface area contributed by atoms with E-state index in [9.17, 15) is 9.59 Å². The molecule has 3 aromatic carbocycles. The van der Waals surface area contributed by atoms with Gasteiger partial charge in [0.1, 0.15) is 23.0 Å². The number of phenols is 4. The number of hydrogen-bond donors (Lipinski definition) is 6. The van der Waals surface area contributed by atoms with Gasteiger partial charge in [-0.05, 0) is 79.2 Å². The van der Waals surface area contributed by atoms with Crippen molar-refractivity contribution < 1.29 is 40.2 Å². The lowest BCUT2D eigenvalue weighted by molar-refractivity contribution is 0.0686. The van der Waals surface area contributed by atoms with Gasteiger partial charge in [-0.25, -0.2) is 9.59 Å². The monoisotopic (exact) mass is 400 g/mol. The standard InChI is InChI=1S/2C7H6O3.C7H8O2/c2*8-6-3-1-5(2-4-6)7(9)10;1-5-4-6(8)2-3-7(5)9/h2*1-4,8H,(H,9,10);2-4,8-9H,1H3. The number of carboxylic acids is 2. The molecule has 8 nitrogen and oxygen atoms in total. The van der Waals surface area contributed by atoms with E-state index in [2.05, 4.69) is 0 Å². The smallest absolute Gasteiger partial charge is 0.335 e. The molecule has 0 bridgehead atoms. The second kappa shape index (κ2) is 10.8. The summed E-state index contributed by atoms with van der Waals surface area (Å²) in [5.74, 6) is -1.42. The van der Waals surface area contributed by atoms with E-state index in [1.165, 1.54) is 66.7 Å². The van der Waals surface area contributed by atoms with Crippen molar-refractivity contribution in [3.05, 3.63) is 83.4 Å². The highest BCUT2D eigenvalue weighted by Gasteiger charge is 2.00. The Morgan fingerprint density at radius 3 is 1.21 bits per heavy atom. The van der Waals surface area contributed by atoms with Gasteiger partial charge in [0.25, 0.3) is 0 Å². The van der Waals surface area contributed by atoms with Crippen LogP contribution in [0.3, 0.4) is 0 Å². The molecule has 0 saturated heterocycles. The Bertz CT molecular complexity index is 892. The molecular weight excluding hydrogens is 380 g/mol. The summed E-state index contributed by atoms with van der Waals surface area (Å²) in [6.07, 6.45) is 0. The largest absolute Gasteiger partial charge is 0.508 e. The van der Waals surface area contributed by atoms with Gasteiger partial charge in [0, 0.05) is 0 Å². The summed E-state index contributed by atoms with van der Waals surface area (Å²) in [6, 6.07) is 15.1. The van der Waals surface area contributed by atoms with Crippen LogP contribution in [0, 0.1) is 6.92 Å². The molecule has 0 saturated carbocycles. The van der Waals surface area contributed by atoms with E-state index in [1.807, 2.05) is 0 Å². The Balaban J connectivity index is 0.000000218. The predicted octanol–water partition coefficient (Wildman–Crippen LogP) is 3.59. The highest BCUT2D eigenvalue weighted by molar-refractivity contribution is 5.88. The maximum atomic E-state index is 10.2. The molecule has 0 heterocycles. The summed E-state index contributed by atoms with van der Waals surface area (Å²) in [5.41, 5.74) is 1.05. The molecule has 0 aromatic heterocycles. The van der Waals surface area contributed by atoms with Crippen molar-refractivity contribution in [1.29, 1.82) is 0 Å². The lowest BCUT2D eigenvalue weighted by Crippen LogP contribution is -1.93. The first kappa shape index (κ1) is 22.8. The van der Waals surface area contributed by atoms with Crippen LogP contribution in [-0.4, -0.2) is 42.6 Å². The zero-order valence-electron chi connectivity index (χ0n) is 15.4. The molecule has 152 valence electrons. The van der Waals surface area contributed by atoms with Crippen molar-refractivity contribution in [3.63, 3.8) is 0 Å². The molecule has 3 aromatic rings. The Morgan fingerprint density at radius 2 is 0.931 bits per heavy atom. The minimum absolute atomic E-state index is 0.0741. The van der Waals surface area contributed by atoms with Crippen molar-refractivity contribution in [1.82, 2.24) is 0 Å². The molecule has 6 N–H and O–H groups in total. The molecule has 0 spiro atoms. The fourth-order valence-electron chi connectivity index (χ4n) is 1.85. The Morgan fingerprint density at radius 1 is 0.586 bits per heavy atom. The van der Waals surface area contributed by atoms with Gasteiger partial charge in [0.05, 0.1) is 11.1 Å². The molecule has 0 unspecified atom stereocenters. The molecule has 0 amide bonds. The first-order chi connectivity index (χ1) is 13.6. The van der Waals surface area contributed by atoms with Crippen LogP contribution in [0.2, 0.25) is 0 Å². The average Bonchev–Trinajstić information content (AvgIpc) is 2.67. The summed E-state index contributed by atoms with van der Waals surface area (Å²) in [6.45, 7) is 1.73. The summed E-state index contributed by atoms with van der Waals surface area (Å²) in [4.78, 5) is 20.5. The summed E-state index contributed by atoms with van der Waals surface area (Å²) >= 11 is 0. The molecule has 0 aliphatic rings. The molecule has 8 heteroatoms. The highest BCUT2D eigenvalue weighted by Crippen LogP contribution is 2.20. The van der Waals surface area contributed by atoms with Gasteiger partial charge in [-0.2, -0.15) is 0 Å². The van der Waals surface area contributed by atoms with Gasteiger partial charge >= 0.3 is 11.9 Å². The lowest BCUT2D eigenvalue weighted by Gasteiger charge is -1.96. The zero-order valence-corrected chi connectivity index (χ0v) is 15.4. The Kier molecular flexibility index (Phi) is 8.53. The number of phenolic OH excluding ortho intramolecular Hbond substituents is 4. The lowest BCUT2D eigenvalue weighted by atomic mass is 10.2. The van der Waals surface area contributed by atoms with Crippen molar-refractivity contribution in [3.8, 4) is 23.0 Å². The van der Waals surface area contributed by atoms with E-state index in [1.54, 1.807) is 6.92 Å². The minimum atomic E-state index is -0.986. The van der Waals surface area contributed by atoms with Crippen LogP contribution in [0.4, 0.5) is 0 Å². The van der Waals surface area contributed by atoms with Gasteiger partial charge in [-0.15, -0.1) is 0 Å². The molecule has 0 aliphatic heterocycles. The maximum absolute atomic E-state index is 10.2. The van der Waals surface area contributed by atoms with Crippen LogP contribution in [0.5, 0.6) is 23.0 Å². The topological polar surface area (TPSA) is 156 Å². The van der Waals surface area contributed by atoms with Gasteiger partial charge in [0.15, 0.2) is 0 Å². The van der Waals surface area contributed by atoms with Crippen molar-refractivity contribution in [2.75, 3.05) is 0 Å². The van der Waals surface area contributed by atoms with E-state index in [4.69, 9.17) is 30.6 Å². The molecule has 29 heavy (non-hydrogen) atoms. The first-order valence-corrected chi connectivity index (χ1v) is 8.13. The van der Waals surface area contributed by atoms with Crippen LogP contribution in [0.1, 0.15) is 26.3 Å². The normalized spacial score (nSPS) is 9.28. The predicted molar refractivity (Wildman–Crippen MR) is 105 cm³/mol. The first-order valence-electron chi connectivity index (χ1n) is 8.13. The Labute approximate surface area is 166 Å². The fraction of sp³-hybridized carbons (Fsp3) is 0.0476. The average molecular weight is 400 g/mol. The quantitative estimate of drug-likeness (QED) is 0.357. The molecule has 0 radical (unpaired) electrons. The van der Waals surface area contributed by atoms with Crippen LogP contribution in [-0.2, 0) is 0 Å². The second-order valence-corrected chi connectivity index (χ2v) is 5.67. The molecule has 0 atom stereocenters. The van der Waals surface area contributed by atoms with Crippen LogP contribution >= 0.6 is 0 Å². The second-order valence-electron chi connectivity index (χ2n) is 5.67. The van der Waals surface area contributed by atoms with Gasteiger partial charge < -0.3 is 30.6 Å². The van der Waals surface area contributed by atoms with E-state index >= 15 is 0 Å².